The van der Waals surface area contributed by atoms with E-state index < -0.39 is 20.3 Å². The van der Waals surface area contributed by atoms with E-state index in [-0.39, 0.29) is 11.5 Å². The van der Waals surface area contributed by atoms with Crippen LogP contribution in [-0.2, 0) is 19.0 Å². The third kappa shape index (κ3) is 4.58. The van der Waals surface area contributed by atoms with Crippen LogP contribution in [0.25, 0.3) is 0 Å². The third-order valence-electron chi connectivity index (χ3n) is 5.10. The molecular weight excluding hydrogens is 424 g/mol. The van der Waals surface area contributed by atoms with Gasteiger partial charge in [0.1, 0.15) is 12.2 Å². The minimum absolute atomic E-state index is 0.0669. The van der Waals surface area contributed by atoms with Gasteiger partial charge in [-0.3, -0.25) is 0 Å². The summed E-state index contributed by atoms with van der Waals surface area (Å²) in [5.74, 6) is 0. The van der Waals surface area contributed by atoms with Crippen LogP contribution in [0, 0.1) is 0 Å². The normalized spacial score (nSPS) is 15.1. The van der Waals surface area contributed by atoms with Crippen molar-refractivity contribution in [3.05, 3.63) is 60.7 Å². The highest BCUT2D eigenvalue weighted by atomic mass is 79.9. The number of carbonyl (C=O) groups is 1. The lowest BCUT2D eigenvalue weighted by Gasteiger charge is -2.35. The maximum atomic E-state index is 13.9. The van der Waals surface area contributed by atoms with Gasteiger partial charge in [0.05, 0.1) is 6.10 Å². The Labute approximate surface area is 171 Å². The lowest BCUT2D eigenvalue weighted by Crippen LogP contribution is -2.67. The highest BCUT2D eigenvalue weighted by molar-refractivity contribution is 9.09. The Morgan fingerprint density at radius 1 is 0.889 bits per heavy atom. The minimum atomic E-state index is -2.75. The van der Waals surface area contributed by atoms with Gasteiger partial charge < -0.3 is 19.0 Å². The molecule has 0 N–H and O–H groups in total. The van der Waals surface area contributed by atoms with E-state index in [4.69, 9.17) is 14.2 Å². The number of hydrogen-bond acceptors (Lipinski definition) is 4. The number of hydrogen-bond donors (Lipinski definition) is 0. The Kier molecular flexibility index (Phi) is 8.38. The van der Waals surface area contributed by atoms with Crippen LogP contribution < -0.4 is 10.4 Å². The fraction of sp³-hybridized carbons (Fsp3) is 0.381. The molecule has 0 radical (unpaired) electrons. The van der Waals surface area contributed by atoms with Crippen molar-refractivity contribution in [2.45, 2.75) is 24.9 Å². The van der Waals surface area contributed by atoms with Gasteiger partial charge >= 0.3 is 0 Å². The molecule has 0 heterocycles. The molecule has 0 unspecified atom stereocenters. The van der Waals surface area contributed by atoms with Crippen LogP contribution in [0.1, 0.15) is 0 Å². The second kappa shape index (κ2) is 10.3. The topological polar surface area (TPSA) is 44.8 Å². The first-order valence-corrected chi connectivity index (χ1v) is 12.5. The smallest absolute Gasteiger partial charge is 0.194 e. The molecule has 0 aliphatic carbocycles. The number of halogens is 1. The van der Waals surface area contributed by atoms with Crippen LogP contribution in [0.4, 0.5) is 0 Å². The van der Waals surface area contributed by atoms with Gasteiger partial charge in [-0.05, 0) is 10.4 Å². The molecule has 0 amide bonds. The standard InChI is InChI=1S/C21H27BrO4Si/c1-24-18(15-22)19(25-2)20(26-3)21(23)27(4,16-11-7-5-8-12-16)17-13-9-6-10-14-17/h5-14,18-20H,15H2,1-4H3/t18-,19-,20+/m1/s1. The highest BCUT2D eigenvalue weighted by Gasteiger charge is 2.47. The van der Waals surface area contributed by atoms with Gasteiger partial charge in [-0.25, -0.2) is 0 Å². The van der Waals surface area contributed by atoms with Crippen molar-refractivity contribution in [2.75, 3.05) is 26.7 Å². The molecule has 0 aliphatic rings. The maximum Gasteiger partial charge on any atom is 0.194 e. The molecule has 6 heteroatoms. The molecule has 0 aromatic heterocycles. The zero-order valence-corrected chi connectivity index (χ0v) is 18.8. The van der Waals surface area contributed by atoms with Crippen LogP contribution in [0.5, 0.6) is 0 Å². The Morgan fingerprint density at radius 2 is 1.37 bits per heavy atom. The average molecular weight is 451 g/mol. The fourth-order valence-corrected chi connectivity index (χ4v) is 7.53. The van der Waals surface area contributed by atoms with E-state index in [1.165, 1.54) is 0 Å². The van der Waals surface area contributed by atoms with Crippen molar-refractivity contribution in [1.29, 1.82) is 0 Å². The zero-order chi connectivity index (χ0) is 19.9. The quantitative estimate of drug-likeness (QED) is 0.411. The molecule has 0 spiro atoms. The molecule has 2 rings (SSSR count). The van der Waals surface area contributed by atoms with E-state index in [0.717, 1.165) is 10.4 Å². The Morgan fingerprint density at radius 3 is 1.70 bits per heavy atom. The average Bonchev–Trinajstić information content (AvgIpc) is 2.74. The largest absolute Gasteiger partial charge is 0.378 e. The molecule has 2 aromatic carbocycles. The van der Waals surface area contributed by atoms with Gasteiger partial charge in [0, 0.05) is 26.7 Å². The molecule has 27 heavy (non-hydrogen) atoms. The van der Waals surface area contributed by atoms with Crippen LogP contribution >= 0.6 is 15.9 Å². The summed E-state index contributed by atoms with van der Waals surface area (Å²) in [5.41, 5.74) is 0. The van der Waals surface area contributed by atoms with Crippen molar-refractivity contribution in [3.8, 4) is 0 Å². The van der Waals surface area contributed by atoms with E-state index in [0.29, 0.717) is 5.33 Å². The van der Waals surface area contributed by atoms with Crippen LogP contribution in [0.3, 0.4) is 0 Å². The molecular formula is C21H27BrO4Si. The number of methoxy groups -OCH3 is 3. The van der Waals surface area contributed by atoms with Crippen LogP contribution in [0.2, 0.25) is 6.55 Å². The zero-order valence-electron chi connectivity index (χ0n) is 16.2. The first-order valence-electron chi connectivity index (χ1n) is 8.84. The minimum Gasteiger partial charge on any atom is -0.378 e. The maximum absolute atomic E-state index is 13.9. The molecule has 2 aromatic rings. The summed E-state index contributed by atoms with van der Waals surface area (Å²) in [7, 11) is 2.00. The van der Waals surface area contributed by atoms with Gasteiger partial charge in [-0.15, -0.1) is 0 Å². The number of carbonyl (C=O) groups excluding carboxylic acids is 1. The second-order valence-electron chi connectivity index (χ2n) is 6.51. The lowest BCUT2D eigenvalue weighted by molar-refractivity contribution is -0.139. The molecule has 0 saturated carbocycles. The van der Waals surface area contributed by atoms with Crippen molar-refractivity contribution in [3.63, 3.8) is 0 Å². The predicted molar refractivity (Wildman–Crippen MR) is 115 cm³/mol. The summed E-state index contributed by atoms with van der Waals surface area (Å²) in [6.45, 7) is 2.08. The van der Waals surface area contributed by atoms with E-state index >= 15 is 0 Å². The van der Waals surface area contributed by atoms with Crippen molar-refractivity contribution in [1.82, 2.24) is 0 Å². The molecule has 4 nitrogen and oxygen atoms in total. The number of ether oxygens (including phenoxy) is 3. The first kappa shape index (κ1) is 22.0. The van der Waals surface area contributed by atoms with E-state index in [9.17, 15) is 4.79 Å². The number of rotatable bonds is 10. The van der Waals surface area contributed by atoms with E-state index in [1.54, 1.807) is 21.3 Å². The molecule has 0 aliphatic heterocycles. The van der Waals surface area contributed by atoms with Crippen LogP contribution in [-0.4, -0.2) is 58.5 Å². The molecule has 0 saturated heterocycles. The summed E-state index contributed by atoms with van der Waals surface area (Å²) in [6.07, 6.45) is -1.53. The SMILES string of the molecule is CO[C@@H]([C@H](OC)C(=O)[Si](C)(c1ccccc1)c1ccccc1)[C@@H](CBr)OC. The first-order chi connectivity index (χ1) is 13.0. The monoisotopic (exact) mass is 450 g/mol. The lowest BCUT2D eigenvalue weighted by atomic mass is 10.1. The number of benzene rings is 2. The van der Waals surface area contributed by atoms with E-state index in [2.05, 4.69) is 22.5 Å². The van der Waals surface area contributed by atoms with Crippen molar-refractivity contribution in [2.24, 2.45) is 0 Å². The van der Waals surface area contributed by atoms with E-state index in [1.807, 2.05) is 60.7 Å². The fourth-order valence-electron chi connectivity index (χ4n) is 3.42. The van der Waals surface area contributed by atoms with Gasteiger partial charge in [0.25, 0.3) is 0 Å². The summed E-state index contributed by atoms with van der Waals surface area (Å²) < 4.78 is 16.9. The number of alkyl halides is 1. The second-order valence-corrected chi connectivity index (χ2v) is 11.1. The molecule has 146 valence electrons. The summed E-state index contributed by atoms with van der Waals surface area (Å²) >= 11 is 3.44. The highest BCUT2D eigenvalue weighted by Crippen LogP contribution is 2.19. The summed E-state index contributed by atoms with van der Waals surface area (Å²) in [5, 5.41) is 2.71. The van der Waals surface area contributed by atoms with Gasteiger partial charge in [0.15, 0.2) is 13.5 Å². The molecule has 3 atom stereocenters. The Bertz CT molecular complexity index is 667. The molecule has 0 fully saturated rings. The third-order valence-corrected chi connectivity index (χ3v) is 9.98. The Hall–Kier alpha value is -1.31. The summed E-state index contributed by atoms with van der Waals surface area (Å²) in [6, 6.07) is 20.0. The van der Waals surface area contributed by atoms with Crippen molar-refractivity contribution >= 4 is 39.8 Å². The van der Waals surface area contributed by atoms with Gasteiger partial charge in [0.2, 0.25) is 0 Å². The van der Waals surface area contributed by atoms with Crippen molar-refractivity contribution < 1.29 is 19.0 Å². The van der Waals surface area contributed by atoms with Crippen LogP contribution in [0.15, 0.2) is 60.7 Å². The predicted octanol–water partition coefficient (Wildman–Crippen LogP) is 2.43. The molecule has 0 bridgehead atoms. The van der Waals surface area contributed by atoms with Gasteiger partial charge in [-0.1, -0.05) is 83.1 Å². The Balaban J connectivity index is 2.56. The van der Waals surface area contributed by atoms with Gasteiger partial charge in [-0.2, -0.15) is 0 Å². The summed E-state index contributed by atoms with van der Waals surface area (Å²) in [4.78, 5) is 13.9.